The number of nitrogens with zero attached hydrogens (tertiary/aromatic N) is 1. The lowest BCUT2D eigenvalue weighted by atomic mass is 10.1. The second-order valence-corrected chi connectivity index (χ2v) is 6.79. The summed E-state index contributed by atoms with van der Waals surface area (Å²) in [5.41, 5.74) is 0.0934. The van der Waals surface area contributed by atoms with E-state index in [4.69, 9.17) is 0 Å². The summed E-state index contributed by atoms with van der Waals surface area (Å²) in [6.45, 7) is 6.65. The average molecular weight is 315 g/mol. The molecule has 0 saturated heterocycles. The van der Waals surface area contributed by atoms with Crippen LogP contribution in [0.5, 0.6) is 0 Å². The van der Waals surface area contributed by atoms with Crippen LogP contribution in [0.4, 0.5) is 11.4 Å². The van der Waals surface area contributed by atoms with Gasteiger partial charge in [0.05, 0.1) is 4.92 Å². The van der Waals surface area contributed by atoms with Crippen LogP contribution >= 0.6 is 0 Å². The van der Waals surface area contributed by atoms with E-state index in [1.165, 1.54) is 18.2 Å². The summed E-state index contributed by atoms with van der Waals surface area (Å²) in [4.78, 5) is 10.1. The summed E-state index contributed by atoms with van der Waals surface area (Å²) >= 11 is 0. The third-order valence-electron chi connectivity index (χ3n) is 2.84. The second-order valence-electron chi connectivity index (χ2n) is 5.05. The fourth-order valence-corrected chi connectivity index (χ4v) is 2.96. The van der Waals surface area contributed by atoms with Crippen molar-refractivity contribution >= 4 is 21.4 Å². The molecule has 0 spiro atoms. The highest BCUT2D eigenvalue weighted by atomic mass is 32.2. The van der Waals surface area contributed by atoms with Crippen LogP contribution in [0.1, 0.15) is 27.2 Å². The maximum Gasteiger partial charge on any atom is 0.291 e. The van der Waals surface area contributed by atoms with E-state index in [1.807, 2.05) is 20.8 Å². The topological polar surface area (TPSA) is 101 Å². The normalized spacial score (nSPS) is 11.6. The van der Waals surface area contributed by atoms with Crippen molar-refractivity contribution in [1.29, 1.82) is 0 Å². The van der Waals surface area contributed by atoms with Gasteiger partial charge in [0.25, 0.3) is 5.69 Å². The minimum Gasteiger partial charge on any atom is -0.385 e. The average Bonchev–Trinajstić information content (AvgIpc) is 2.38. The molecular weight excluding hydrogens is 294 g/mol. The van der Waals surface area contributed by atoms with Crippen molar-refractivity contribution in [3.8, 4) is 0 Å². The molecule has 8 heteroatoms. The number of anilines is 1. The Labute approximate surface area is 124 Å². The molecule has 0 fully saturated rings. The summed E-state index contributed by atoms with van der Waals surface area (Å²) in [5, 5.41) is 14.0. The second kappa shape index (κ2) is 7.37. The summed E-state index contributed by atoms with van der Waals surface area (Å²) in [5.74, 6) is 0.346. The third kappa shape index (κ3) is 4.98. The molecule has 0 aromatic heterocycles. The van der Waals surface area contributed by atoms with Gasteiger partial charge >= 0.3 is 0 Å². The molecule has 7 nitrogen and oxygen atoms in total. The molecule has 1 aromatic carbocycles. The predicted octanol–water partition coefficient (Wildman–Crippen LogP) is 2.35. The first-order valence-corrected chi connectivity index (χ1v) is 8.28. The maximum absolute atomic E-state index is 12.2. The fraction of sp³-hybridized carbons (Fsp3) is 0.538. The first-order valence-electron chi connectivity index (χ1n) is 6.80. The largest absolute Gasteiger partial charge is 0.385 e. The zero-order valence-corrected chi connectivity index (χ0v) is 13.2. The monoisotopic (exact) mass is 315 g/mol. The molecule has 0 aliphatic heterocycles. The van der Waals surface area contributed by atoms with Crippen molar-refractivity contribution in [2.75, 3.05) is 18.4 Å². The van der Waals surface area contributed by atoms with E-state index in [1.54, 1.807) is 0 Å². The molecule has 0 aliphatic rings. The minimum absolute atomic E-state index is 0.256. The van der Waals surface area contributed by atoms with Gasteiger partial charge in [-0.3, -0.25) is 10.1 Å². The Balaban J connectivity index is 3.07. The van der Waals surface area contributed by atoms with Gasteiger partial charge in [0.15, 0.2) is 4.90 Å². The van der Waals surface area contributed by atoms with Crippen molar-refractivity contribution in [2.24, 2.45) is 5.92 Å². The Bertz CT molecular complexity index is 599. The summed E-state index contributed by atoms with van der Waals surface area (Å²) in [6.07, 6.45) is 0.669. The van der Waals surface area contributed by atoms with E-state index < -0.39 is 20.6 Å². The Morgan fingerprint density at radius 2 is 2.00 bits per heavy atom. The highest BCUT2D eigenvalue weighted by Crippen LogP contribution is 2.27. The van der Waals surface area contributed by atoms with E-state index in [2.05, 4.69) is 10.0 Å². The van der Waals surface area contributed by atoms with Crippen LogP contribution in [0.3, 0.4) is 0 Å². The molecule has 0 amide bonds. The molecule has 21 heavy (non-hydrogen) atoms. The molecule has 0 atom stereocenters. The lowest BCUT2D eigenvalue weighted by Crippen LogP contribution is -2.26. The van der Waals surface area contributed by atoms with E-state index >= 15 is 0 Å². The summed E-state index contributed by atoms with van der Waals surface area (Å²) in [6, 6.07) is 4.02. The van der Waals surface area contributed by atoms with Crippen LogP contribution < -0.4 is 10.0 Å². The van der Waals surface area contributed by atoms with E-state index in [0.717, 1.165) is 0 Å². The molecule has 0 unspecified atom stereocenters. The van der Waals surface area contributed by atoms with Gasteiger partial charge in [0.2, 0.25) is 10.0 Å². The first kappa shape index (κ1) is 17.4. The Morgan fingerprint density at radius 1 is 1.33 bits per heavy atom. The number of nitrogens with one attached hydrogen (secondary N) is 2. The number of sulfonamides is 1. The molecular formula is C13H21N3O4S. The highest BCUT2D eigenvalue weighted by molar-refractivity contribution is 7.89. The van der Waals surface area contributed by atoms with E-state index in [0.29, 0.717) is 24.6 Å². The van der Waals surface area contributed by atoms with Crippen molar-refractivity contribution < 1.29 is 13.3 Å². The lowest BCUT2D eigenvalue weighted by Gasteiger charge is -2.10. The van der Waals surface area contributed by atoms with Crippen LogP contribution in [0, 0.1) is 16.0 Å². The van der Waals surface area contributed by atoms with Gasteiger partial charge in [0, 0.05) is 24.8 Å². The van der Waals surface area contributed by atoms with Gasteiger partial charge in [-0.05, 0) is 31.4 Å². The Hall–Kier alpha value is -1.67. The maximum atomic E-state index is 12.2. The molecule has 1 aromatic rings. The van der Waals surface area contributed by atoms with Gasteiger partial charge < -0.3 is 5.32 Å². The Morgan fingerprint density at radius 3 is 2.52 bits per heavy atom. The summed E-state index contributed by atoms with van der Waals surface area (Å²) in [7, 11) is -3.88. The van der Waals surface area contributed by atoms with Gasteiger partial charge in [-0.1, -0.05) is 13.8 Å². The molecule has 2 N–H and O–H groups in total. The molecule has 0 bridgehead atoms. The lowest BCUT2D eigenvalue weighted by molar-refractivity contribution is -0.387. The zero-order chi connectivity index (χ0) is 16.0. The van der Waals surface area contributed by atoms with Gasteiger partial charge in [-0.2, -0.15) is 0 Å². The van der Waals surface area contributed by atoms with E-state index in [9.17, 15) is 18.5 Å². The zero-order valence-electron chi connectivity index (χ0n) is 12.4. The molecule has 0 saturated carbocycles. The molecule has 1 rings (SSSR count). The third-order valence-corrected chi connectivity index (χ3v) is 4.35. The minimum atomic E-state index is -3.88. The van der Waals surface area contributed by atoms with Gasteiger partial charge in [0.1, 0.15) is 0 Å². The predicted molar refractivity (Wildman–Crippen MR) is 81.9 cm³/mol. The summed E-state index contributed by atoms with van der Waals surface area (Å²) < 4.78 is 26.7. The van der Waals surface area contributed by atoms with Crippen molar-refractivity contribution in [2.45, 2.75) is 32.1 Å². The van der Waals surface area contributed by atoms with Crippen LogP contribution in [0.15, 0.2) is 23.1 Å². The van der Waals surface area contributed by atoms with Crippen LogP contribution in [0.25, 0.3) is 0 Å². The van der Waals surface area contributed by atoms with Gasteiger partial charge in [-0.15, -0.1) is 0 Å². The number of benzene rings is 1. The van der Waals surface area contributed by atoms with Crippen molar-refractivity contribution in [3.05, 3.63) is 28.3 Å². The molecule has 0 heterocycles. The smallest absolute Gasteiger partial charge is 0.291 e. The molecule has 118 valence electrons. The number of hydrogen-bond donors (Lipinski definition) is 2. The number of rotatable bonds is 8. The fourth-order valence-electron chi connectivity index (χ4n) is 1.76. The van der Waals surface area contributed by atoms with Crippen molar-refractivity contribution in [1.82, 2.24) is 4.72 Å². The number of hydrogen-bond acceptors (Lipinski definition) is 5. The molecule has 0 aliphatic carbocycles. The van der Waals surface area contributed by atoms with Crippen molar-refractivity contribution in [3.63, 3.8) is 0 Å². The number of nitro groups is 1. The van der Waals surface area contributed by atoms with E-state index in [-0.39, 0.29) is 11.4 Å². The highest BCUT2D eigenvalue weighted by Gasteiger charge is 2.25. The molecule has 0 radical (unpaired) electrons. The first-order chi connectivity index (χ1) is 9.77. The van der Waals surface area contributed by atoms with Crippen LogP contribution in [-0.4, -0.2) is 26.4 Å². The number of nitro benzene ring substituents is 1. The van der Waals surface area contributed by atoms with Crippen LogP contribution in [-0.2, 0) is 10.0 Å². The van der Waals surface area contributed by atoms with Gasteiger partial charge in [-0.25, -0.2) is 13.1 Å². The Kier molecular flexibility index (Phi) is 6.10. The SMILES string of the molecule is CCNc1ccc(S(=O)(=O)NCCC(C)C)c([N+](=O)[O-])c1. The standard InChI is InChI=1S/C13H21N3O4S/c1-4-14-11-5-6-13(12(9-11)16(17)18)21(19,20)15-8-7-10(2)3/h5-6,9-10,14-15H,4,7-8H2,1-3H3. The quantitative estimate of drug-likeness (QED) is 0.566. The van der Waals surface area contributed by atoms with Crippen LogP contribution in [0.2, 0.25) is 0 Å².